The highest BCUT2D eigenvalue weighted by atomic mass is 127. The number of rotatable bonds is 2. The molecule has 1 aromatic heterocycles. The molecule has 1 aromatic rings. The maximum absolute atomic E-state index is 10.6. The van der Waals surface area contributed by atoms with E-state index >= 15 is 0 Å². The molecular weight excluding hydrogens is 255 g/mol. The number of carbonyl (C=O) groups excluding carboxylic acids is 1. The van der Waals surface area contributed by atoms with Crippen molar-refractivity contribution < 1.29 is 4.79 Å². The fourth-order valence-electron chi connectivity index (χ4n) is 0.692. The van der Waals surface area contributed by atoms with E-state index in [2.05, 4.69) is 27.6 Å². The minimum Gasteiger partial charge on any atom is -0.364 e. The van der Waals surface area contributed by atoms with Crippen LogP contribution in [0.15, 0.2) is 18.3 Å². The topological polar surface area (TPSA) is 56.0 Å². The SMILES string of the molecule is NC(=O)c1cc(CI)ccn1. The fourth-order valence-corrected chi connectivity index (χ4v) is 1.17. The number of hydrogen-bond donors (Lipinski definition) is 1. The Hall–Kier alpha value is -0.650. The lowest BCUT2D eigenvalue weighted by Gasteiger charge is -1.96. The summed E-state index contributed by atoms with van der Waals surface area (Å²) >= 11 is 2.21. The third-order valence-corrected chi connectivity index (χ3v) is 2.11. The molecule has 3 nitrogen and oxygen atoms in total. The van der Waals surface area contributed by atoms with Crippen molar-refractivity contribution in [2.75, 3.05) is 0 Å². The van der Waals surface area contributed by atoms with Crippen LogP contribution in [0.4, 0.5) is 0 Å². The Kier molecular flexibility index (Phi) is 2.81. The van der Waals surface area contributed by atoms with E-state index in [9.17, 15) is 4.79 Å². The molecule has 58 valence electrons. The highest BCUT2D eigenvalue weighted by Crippen LogP contribution is 2.05. The van der Waals surface area contributed by atoms with E-state index in [-0.39, 0.29) is 0 Å². The third kappa shape index (κ3) is 2.14. The molecule has 0 spiro atoms. The van der Waals surface area contributed by atoms with E-state index in [0.29, 0.717) is 5.69 Å². The van der Waals surface area contributed by atoms with Gasteiger partial charge in [0.1, 0.15) is 5.69 Å². The lowest BCUT2D eigenvalue weighted by Crippen LogP contribution is -2.12. The van der Waals surface area contributed by atoms with E-state index in [1.54, 1.807) is 12.3 Å². The first-order valence-corrected chi connectivity index (χ1v) is 4.57. The van der Waals surface area contributed by atoms with E-state index in [0.717, 1.165) is 9.99 Å². The van der Waals surface area contributed by atoms with Crippen molar-refractivity contribution in [2.24, 2.45) is 5.73 Å². The van der Waals surface area contributed by atoms with Crippen molar-refractivity contribution in [1.29, 1.82) is 0 Å². The Morgan fingerprint density at radius 1 is 1.73 bits per heavy atom. The first-order chi connectivity index (χ1) is 5.24. The predicted molar refractivity (Wildman–Crippen MR) is 50.5 cm³/mol. The molecule has 0 aromatic carbocycles. The number of carbonyl (C=O) groups is 1. The average molecular weight is 262 g/mol. The molecule has 0 saturated carbocycles. The molecule has 0 aliphatic rings. The highest BCUT2D eigenvalue weighted by molar-refractivity contribution is 14.1. The maximum Gasteiger partial charge on any atom is 0.267 e. The number of nitrogens with two attached hydrogens (primary N) is 1. The van der Waals surface area contributed by atoms with Crippen LogP contribution in [-0.4, -0.2) is 10.9 Å². The molecule has 0 fully saturated rings. The normalized spacial score (nSPS) is 9.55. The van der Waals surface area contributed by atoms with Crippen molar-refractivity contribution in [3.05, 3.63) is 29.6 Å². The average Bonchev–Trinajstić information content (AvgIpc) is 2.05. The van der Waals surface area contributed by atoms with Gasteiger partial charge in [-0.25, -0.2) is 0 Å². The maximum atomic E-state index is 10.6. The molecule has 1 amide bonds. The molecule has 0 atom stereocenters. The number of primary amides is 1. The van der Waals surface area contributed by atoms with Gasteiger partial charge in [0, 0.05) is 10.6 Å². The summed E-state index contributed by atoms with van der Waals surface area (Å²) in [6.45, 7) is 0. The van der Waals surface area contributed by atoms with Crippen LogP contribution in [-0.2, 0) is 4.43 Å². The van der Waals surface area contributed by atoms with E-state index in [4.69, 9.17) is 5.73 Å². The predicted octanol–water partition coefficient (Wildman–Crippen LogP) is 1.12. The summed E-state index contributed by atoms with van der Waals surface area (Å²) < 4.78 is 0.862. The monoisotopic (exact) mass is 262 g/mol. The Balaban J connectivity index is 3.01. The quantitative estimate of drug-likeness (QED) is 0.641. The van der Waals surface area contributed by atoms with Gasteiger partial charge in [0.2, 0.25) is 0 Å². The molecule has 0 saturated heterocycles. The highest BCUT2D eigenvalue weighted by Gasteiger charge is 2.00. The van der Waals surface area contributed by atoms with Gasteiger partial charge in [0.05, 0.1) is 0 Å². The van der Waals surface area contributed by atoms with Gasteiger partial charge in [0.15, 0.2) is 0 Å². The lowest BCUT2D eigenvalue weighted by atomic mass is 10.2. The summed E-state index contributed by atoms with van der Waals surface area (Å²) in [4.78, 5) is 14.4. The van der Waals surface area contributed by atoms with Crippen LogP contribution in [0.2, 0.25) is 0 Å². The number of nitrogens with zero attached hydrogens (tertiary/aromatic N) is 1. The molecule has 0 bridgehead atoms. The number of hydrogen-bond acceptors (Lipinski definition) is 2. The van der Waals surface area contributed by atoms with Crippen LogP contribution in [0.25, 0.3) is 0 Å². The minimum absolute atomic E-state index is 0.333. The summed E-state index contributed by atoms with van der Waals surface area (Å²) in [6.07, 6.45) is 1.59. The number of aromatic nitrogens is 1. The van der Waals surface area contributed by atoms with E-state index in [1.807, 2.05) is 6.07 Å². The van der Waals surface area contributed by atoms with Crippen molar-refractivity contribution in [1.82, 2.24) is 4.98 Å². The van der Waals surface area contributed by atoms with Crippen molar-refractivity contribution in [2.45, 2.75) is 4.43 Å². The summed E-state index contributed by atoms with van der Waals surface area (Å²) in [7, 11) is 0. The van der Waals surface area contributed by atoms with Gasteiger partial charge < -0.3 is 5.73 Å². The number of halogens is 1. The van der Waals surface area contributed by atoms with Crippen LogP contribution in [0.3, 0.4) is 0 Å². The van der Waals surface area contributed by atoms with Crippen LogP contribution >= 0.6 is 22.6 Å². The fraction of sp³-hybridized carbons (Fsp3) is 0.143. The number of alkyl halides is 1. The first kappa shape index (κ1) is 8.45. The van der Waals surface area contributed by atoms with Gasteiger partial charge >= 0.3 is 0 Å². The molecule has 0 unspecified atom stereocenters. The van der Waals surface area contributed by atoms with E-state index in [1.165, 1.54) is 0 Å². The van der Waals surface area contributed by atoms with Gasteiger partial charge in [-0.1, -0.05) is 22.6 Å². The Morgan fingerprint density at radius 3 is 3.00 bits per heavy atom. The number of amides is 1. The molecule has 0 aliphatic carbocycles. The summed E-state index contributed by atoms with van der Waals surface area (Å²) in [5.74, 6) is -0.475. The van der Waals surface area contributed by atoms with Crippen molar-refractivity contribution >= 4 is 28.5 Å². The van der Waals surface area contributed by atoms with Crippen molar-refractivity contribution in [3.63, 3.8) is 0 Å². The smallest absolute Gasteiger partial charge is 0.267 e. The van der Waals surface area contributed by atoms with Gasteiger partial charge in [-0.2, -0.15) is 0 Å². The second-order valence-electron chi connectivity index (χ2n) is 2.05. The van der Waals surface area contributed by atoms with Gasteiger partial charge in [0.25, 0.3) is 5.91 Å². The van der Waals surface area contributed by atoms with Crippen molar-refractivity contribution in [3.8, 4) is 0 Å². The third-order valence-electron chi connectivity index (χ3n) is 1.23. The second-order valence-corrected chi connectivity index (χ2v) is 2.81. The summed E-state index contributed by atoms with van der Waals surface area (Å²) in [5.41, 5.74) is 6.43. The zero-order valence-electron chi connectivity index (χ0n) is 5.75. The van der Waals surface area contributed by atoms with Crippen LogP contribution in [0.1, 0.15) is 16.1 Å². The lowest BCUT2D eigenvalue weighted by molar-refractivity contribution is 0.0995. The largest absolute Gasteiger partial charge is 0.364 e. The second kappa shape index (κ2) is 3.66. The van der Waals surface area contributed by atoms with Crippen LogP contribution in [0, 0.1) is 0 Å². The molecule has 1 heterocycles. The van der Waals surface area contributed by atoms with Crippen LogP contribution < -0.4 is 5.73 Å². The minimum atomic E-state index is -0.475. The molecule has 2 N–H and O–H groups in total. The Labute approximate surface area is 78.1 Å². The molecule has 11 heavy (non-hydrogen) atoms. The zero-order valence-corrected chi connectivity index (χ0v) is 7.91. The Bertz CT molecular complexity index is 275. The molecule has 4 heteroatoms. The molecule has 0 aliphatic heterocycles. The molecule has 0 radical (unpaired) electrons. The van der Waals surface area contributed by atoms with Gasteiger partial charge in [-0.15, -0.1) is 0 Å². The van der Waals surface area contributed by atoms with E-state index < -0.39 is 5.91 Å². The first-order valence-electron chi connectivity index (χ1n) is 3.04. The molecular formula is C7H7IN2O. The zero-order chi connectivity index (χ0) is 8.27. The molecule has 1 rings (SSSR count). The summed E-state index contributed by atoms with van der Waals surface area (Å²) in [5, 5.41) is 0. The Morgan fingerprint density at radius 2 is 2.45 bits per heavy atom. The van der Waals surface area contributed by atoms with Gasteiger partial charge in [-0.3, -0.25) is 9.78 Å². The van der Waals surface area contributed by atoms with Gasteiger partial charge in [-0.05, 0) is 17.7 Å². The number of pyridine rings is 1. The van der Waals surface area contributed by atoms with Crippen LogP contribution in [0.5, 0.6) is 0 Å². The summed E-state index contributed by atoms with van der Waals surface area (Å²) in [6, 6.07) is 3.56. The standard InChI is InChI=1S/C7H7IN2O/c8-4-5-1-2-10-6(3-5)7(9)11/h1-3H,4H2,(H2,9,11).